The number of benzene rings is 2. The van der Waals surface area contributed by atoms with Gasteiger partial charge in [0.1, 0.15) is 11.5 Å². The van der Waals surface area contributed by atoms with Crippen molar-refractivity contribution in [3.05, 3.63) is 69.8 Å². The lowest BCUT2D eigenvalue weighted by Crippen LogP contribution is -2.24. The van der Waals surface area contributed by atoms with Crippen molar-refractivity contribution in [2.45, 2.75) is 26.7 Å². The minimum Gasteiger partial charge on any atom is -0.507 e. The molecule has 0 aromatic heterocycles. The average Bonchev–Trinajstić information content (AvgIpc) is 2.45. The van der Waals surface area contributed by atoms with Gasteiger partial charge in [-0.1, -0.05) is 23.8 Å². The van der Waals surface area contributed by atoms with Gasteiger partial charge in [-0.25, -0.2) is 0 Å². The van der Waals surface area contributed by atoms with E-state index in [1.165, 1.54) is 18.2 Å². The van der Waals surface area contributed by atoms with Gasteiger partial charge in [-0.3, -0.25) is 9.59 Å². The van der Waals surface area contributed by atoms with E-state index in [9.17, 15) is 19.8 Å². The minimum atomic E-state index is -0.722. The summed E-state index contributed by atoms with van der Waals surface area (Å²) in [4.78, 5) is 25.6. The number of aryl methyl sites for hydroxylation is 1. The average molecular weight is 322 g/mol. The van der Waals surface area contributed by atoms with Crippen LogP contribution in [0.3, 0.4) is 0 Å². The first-order valence-corrected chi connectivity index (χ1v) is 7.70. The fourth-order valence-electron chi connectivity index (χ4n) is 3.28. The summed E-state index contributed by atoms with van der Waals surface area (Å²) in [5.41, 5.74) is 2.74. The first-order valence-electron chi connectivity index (χ1n) is 7.70. The highest BCUT2D eigenvalue weighted by Crippen LogP contribution is 2.44. The van der Waals surface area contributed by atoms with Crippen molar-refractivity contribution in [3.63, 3.8) is 0 Å². The monoisotopic (exact) mass is 322 g/mol. The highest BCUT2D eigenvalue weighted by Gasteiger charge is 2.37. The normalized spacial score (nSPS) is 15.5. The zero-order chi connectivity index (χ0) is 17.6. The summed E-state index contributed by atoms with van der Waals surface area (Å²) in [5.74, 6) is -1.71. The summed E-state index contributed by atoms with van der Waals surface area (Å²) in [5, 5.41) is 20.4. The van der Waals surface area contributed by atoms with E-state index < -0.39 is 11.7 Å². The number of phenols is 2. The van der Waals surface area contributed by atoms with Crippen LogP contribution < -0.4 is 0 Å². The predicted molar refractivity (Wildman–Crippen MR) is 90.7 cm³/mol. The van der Waals surface area contributed by atoms with Crippen LogP contribution in [0.4, 0.5) is 0 Å². The Hall–Kier alpha value is -2.88. The van der Waals surface area contributed by atoms with Crippen LogP contribution >= 0.6 is 0 Å². The van der Waals surface area contributed by atoms with Crippen LogP contribution in [-0.4, -0.2) is 21.8 Å². The van der Waals surface area contributed by atoms with Crippen LogP contribution in [0.5, 0.6) is 11.5 Å². The molecule has 0 radical (unpaired) electrons. The van der Waals surface area contributed by atoms with Crippen LogP contribution in [0.2, 0.25) is 0 Å². The molecule has 1 atom stereocenters. The van der Waals surface area contributed by atoms with Crippen molar-refractivity contribution in [2.24, 2.45) is 0 Å². The van der Waals surface area contributed by atoms with E-state index in [1.54, 1.807) is 25.1 Å². The number of fused-ring (bicyclic) bond motifs is 2. The molecule has 0 aliphatic heterocycles. The molecular formula is C20H18O4. The van der Waals surface area contributed by atoms with Crippen molar-refractivity contribution in [1.29, 1.82) is 0 Å². The van der Waals surface area contributed by atoms with Crippen LogP contribution in [0.25, 0.3) is 0 Å². The zero-order valence-electron chi connectivity index (χ0n) is 13.8. The third-order valence-electron chi connectivity index (χ3n) is 4.16. The highest BCUT2D eigenvalue weighted by molar-refractivity contribution is 6.18. The van der Waals surface area contributed by atoms with Crippen LogP contribution in [-0.2, 0) is 4.79 Å². The molecule has 3 rings (SSSR count). The van der Waals surface area contributed by atoms with Gasteiger partial charge in [0.25, 0.3) is 0 Å². The number of carbonyl (C=O) groups excluding carboxylic acids is 2. The Morgan fingerprint density at radius 2 is 1.71 bits per heavy atom. The quantitative estimate of drug-likeness (QED) is 0.828. The Bertz CT molecular complexity index is 902. The number of hydrogen-bond donors (Lipinski definition) is 2. The minimum absolute atomic E-state index is 0.0876. The molecular weight excluding hydrogens is 304 g/mol. The van der Waals surface area contributed by atoms with Crippen LogP contribution in [0.1, 0.15) is 52.4 Å². The second-order valence-corrected chi connectivity index (χ2v) is 6.38. The van der Waals surface area contributed by atoms with E-state index in [4.69, 9.17) is 0 Å². The van der Waals surface area contributed by atoms with Gasteiger partial charge in [-0.15, -0.1) is 0 Å². The zero-order valence-corrected chi connectivity index (χ0v) is 13.8. The number of carbonyl (C=O) groups is 2. The third kappa shape index (κ3) is 2.40. The molecule has 2 N–H and O–H groups in total. The summed E-state index contributed by atoms with van der Waals surface area (Å²) >= 11 is 0. The number of hydrogen-bond acceptors (Lipinski definition) is 4. The van der Waals surface area contributed by atoms with Crippen LogP contribution in [0.15, 0.2) is 42.0 Å². The van der Waals surface area contributed by atoms with Crippen LogP contribution in [0, 0.1) is 6.92 Å². The second-order valence-electron chi connectivity index (χ2n) is 6.38. The summed E-state index contributed by atoms with van der Waals surface area (Å²) in [6.45, 7) is 5.44. The fraction of sp³-hybridized carbons (Fsp3) is 0.200. The topological polar surface area (TPSA) is 74.6 Å². The van der Waals surface area contributed by atoms with Crippen molar-refractivity contribution < 1.29 is 19.8 Å². The lowest BCUT2D eigenvalue weighted by atomic mass is 9.74. The molecule has 2 aromatic rings. The lowest BCUT2D eigenvalue weighted by molar-refractivity contribution is -0.115. The molecule has 0 bridgehead atoms. The van der Waals surface area contributed by atoms with E-state index in [0.717, 1.165) is 11.1 Å². The Kier molecular flexibility index (Phi) is 3.76. The summed E-state index contributed by atoms with van der Waals surface area (Å²) in [7, 11) is 0. The standard InChI is InChI=1S/C20H18O4/c1-10(2)7-15(22)17-12-5-4-6-14(21)18(12)20(24)19-13(17)8-11(3)9-16(19)23/h4-9,17,21,23H,1-3H3/t17-/m0/s1. The van der Waals surface area contributed by atoms with Crippen molar-refractivity contribution in [3.8, 4) is 11.5 Å². The smallest absolute Gasteiger partial charge is 0.201 e. The maximum atomic E-state index is 12.8. The molecule has 4 nitrogen and oxygen atoms in total. The van der Waals surface area contributed by atoms with E-state index in [0.29, 0.717) is 11.1 Å². The summed E-state index contributed by atoms with van der Waals surface area (Å²) in [6, 6.07) is 7.95. The van der Waals surface area contributed by atoms with E-state index in [-0.39, 0.29) is 28.4 Å². The number of ketones is 2. The number of aromatic hydroxyl groups is 2. The number of phenolic OH excluding ortho intramolecular Hbond substituents is 2. The van der Waals surface area contributed by atoms with Gasteiger partial charge < -0.3 is 10.2 Å². The van der Waals surface area contributed by atoms with Gasteiger partial charge in [0.15, 0.2) is 5.78 Å². The Morgan fingerprint density at radius 3 is 2.38 bits per heavy atom. The summed E-state index contributed by atoms with van der Waals surface area (Å²) in [6.07, 6.45) is 1.53. The predicted octanol–water partition coefficient (Wildman–Crippen LogP) is 3.62. The summed E-state index contributed by atoms with van der Waals surface area (Å²) < 4.78 is 0. The highest BCUT2D eigenvalue weighted by atomic mass is 16.3. The van der Waals surface area contributed by atoms with Crippen molar-refractivity contribution in [1.82, 2.24) is 0 Å². The molecule has 0 heterocycles. The van der Waals surface area contributed by atoms with Crippen molar-refractivity contribution in [2.75, 3.05) is 0 Å². The molecule has 4 heteroatoms. The molecule has 1 aliphatic rings. The van der Waals surface area contributed by atoms with Gasteiger partial charge in [-0.05, 0) is 55.7 Å². The first kappa shape index (κ1) is 16.0. The molecule has 2 aromatic carbocycles. The number of allylic oxidation sites excluding steroid dienone is 2. The third-order valence-corrected chi connectivity index (χ3v) is 4.16. The molecule has 0 fully saturated rings. The Balaban J connectivity index is 2.37. The first-order chi connectivity index (χ1) is 11.3. The van der Waals surface area contributed by atoms with Gasteiger partial charge >= 0.3 is 0 Å². The Labute approximate surface area is 140 Å². The van der Waals surface area contributed by atoms with E-state index in [1.807, 2.05) is 13.8 Å². The van der Waals surface area contributed by atoms with Gasteiger partial charge in [0, 0.05) is 0 Å². The van der Waals surface area contributed by atoms with Crippen molar-refractivity contribution >= 4 is 11.6 Å². The van der Waals surface area contributed by atoms with Gasteiger partial charge in [0.05, 0.1) is 17.0 Å². The molecule has 0 saturated heterocycles. The Morgan fingerprint density at radius 1 is 1.04 bits per heavy atom. The largest absolute Gasteiger partial charge is 0.507 e. The molecule has 0 saturated carbocycles. The van der Waals surface area contributed by atoms with Gasteiger partial charge in [0.2, 0.25) is 5.78 Å². The molecule has 0 unspecified atom stereocenters. The molecule has 24 heavy (non-hydrogen) atoms. The lowest BCUT2D eigenvalue weighted by Gasteiger charge is -2.27. The molecule has 0 spiro atoms. The second kappa shape index (κ2) is 5.64. The van der Waals surface area contributed by atoms with Gasteiger partial charge in [-0.2, -0.15) is 0 Å². The maximum Gasteiger partial charge on any atom is 0.201 e. The number of rotatable bonds is 2. The molecule has 122 valence electrons. The van der Waals surface area contributed by atoms with E-state index >= 15 is 0 Å². The SMILES string of the molecule is CC(C)=CC(=O)[C@H]1c2cccc(O)c2C(=O)c2c(O)cc(C)cc21. The fourth-order valence-corrected chi connectivity index (χ4v) is 3.28. The molecule has 0 amide bonds. The molecule has 1 aliphatic carbocycles. The maximum absolute atomic E-state index is 12.8. The van der Waals surface area contributed by atoms with E-state index in [2.05, 4.69) is 0 Å².